The zero-order valence-electron chi connectivity index (χ0n) is 51.0. The number of carbonyl (C=O) groups is 5. The molecule has 18 nitrogen and oxygen atoms in total. The summed E-state index contributed by atoms with van der Waals surface area (Å²) < 4.78 is 51.6. The molecule has 0 spiro atoms. The number of benzene rings is 3. The molecule has 7 rings (SSSR count). The first-order chi connectivity index (χ1) is 37.3. The Morgan fingerprint density at radius 2 is 0.951 bits per heavy atom. The van der Waals surface area contributed by atoms with E-state index < -0.39 is 70.5 Å². The molecule has 4 amide bonds. The molecule has 0 saturated heterocycles. The topological polar surface area (TPSA) is 192 Å². The van der Waals surface area contributed by atoms with E-state index in [0.717, 1.165) is 17.2 Å². The van der Waals surface area contributed by atoms with Gasteiger partial charge in [0.25, 0.3) is 11.8 Å². The number of hydrogen-bond acceptors (Lipinski definition) is 13. The number of aliphatic carboxylic acids is 1. The van der Waals surface area contributed by atoms with Crippen molar-refractivity contribution in [3.8, 4) is 23.0 Å². The Labute approximate surface area is 480 Å². The molecule has 3 aromatic carbocycles. The minimum atomic E-state index is -2.65. The molecule has 1 N–H and O–H groups in total. The summed E-state index contributed by atoms with van der Waals surface area (Å²) in [5, 5.41) is 9.18. The summed E-state index contributed by atoms with van der Waals surface area (Å²) >= 11 is 0. The third kappa shape index (κ3) is 13.5. The predicted octanol–water partition coefficient (Wildman–Crippen LogP) is 13.4. The summed E-state index contributed by atoms with van der Waals surface area (Å²) in [5.41, 5.74) is 2.56. The number of ether oxygens (including phenoxy) is 6. The summed E-state index contributed by atoms with van der Waals surface area (Å²) in [6.45, 7) is 35.5. The van der Waals surface area contributed by atoms with Crippen molar-refractivity contribution >= 4 is 64.1 Å². The van der Waals surface area contributed by atoms with Crippen molar-refractivity contribution in [1.82, 2.24) is 9.80 Å². The van der Waals surface area contributed by atoms with E-state index in [1.807, 2.05) is 32.3 Å². The van der Waals surface area contributed by atoms with Crippen LogP contribution >= 0.6 is 0 Å². The van der Waals surface area contributed by atoms with E-state index >= 15 is 0 Å². The molecule has 0 saturated carbocycles. The molecule has 4 atom stereocenters. The summed E-state index contributed by atoms with van der Waals surface area (Å²) in [4.78, 5) is 77.1. The molecule has 20 heteroatoms. The van der Waals surface area contributed by atoms with Crippen molar-refractivity contribution in [1.29, 1.82) is 0 Å². The molecule has 3 aromatic rings. The lowest BCUT2D eigenvalue weighted by Gasteiger charge is -2.44. The molecule has 0 fully saturated rings. The van der Waals surface area contributed by atoms with Crippen LogP contribution < -0.4 is 28.7 Å². The molecule has 4 heterocycles. The lowest BCUT2D eigenvalue weighted by molar-refractivity contribution is -0.131. The SMILES string of the molecule is COc1cc2c(cc1OCc1cc(/C=C/C(=O)O)cc(COc3cc4c(cc3OC)C(=O)N3C=C(C)C[C@H]3[C@H](O[Si](C)(C)C(C)(C)C)N4C(=O)OC(C)(C)C)c1)N(C(=O)OC(C)(C)C)[C@@H](O[Si](C)(C)C(C)(C)C)[C@@H]1CC(C)=CN1C2=O. The van der Waals surface area contributed by atoms with Crippen LogP contribution in [0.1, 0.15) is 147 Å². The number of fused-ring (bicyclic) bond motifs is 4. The lowest BCUT2D eigenvalue weighted by Crippen LogP contribution is -2.58. The number of carboxylic acids is 1. The number of hydrogen-bond donors (Lipinski definition) is 1. The van der Waals surface area contributed by atoms with Gasteiger partial charge >= 0.3 is 18.2 Å². The van der Waals surface area contributed by atoms with Crippen LogP contribution in [-0.4, -0.2) is 111 Å². The van der Waals surface area contributed by atoms with Gasteiger partial charge in [0.05, 0.1) is 48.8 Å². The van der Waals surface area contributed by atoms with Crippen LogP contribution in [0, 0.1) is 0 Å². The Balaban J connectivity index is 1.30. The summed E-state index contributed by atoms with van der Waals surface area (Å²) in [6, 6.07) is 10.6. The number of carboxylic acid groups (broad SMARTS) is 1. The lowest BCUT2D eigenvalue weighted by atomic mass is 10.1. The summed E-state index contributed by atoms with van der Waals surface area (Å²) in [7, 11) is -2.39. The average molecular weight is 1150 g/mol. The molecule has 4 aliphatic heterocycles. The third-order valence-electron chi connectivity index (χ3n) is 15.6. The quantitative estimate of drug-likeness (QED) is 0.118. The molecule has 0 aliphatic carbocycles. The summed E-state index contributed by atoms with van der Waals surface area (Å²) in [6.07, 6.45) is 3.72. The fourth-order valence-corrected chi connectivity index (χ4v) is 12.0. The number of nitrogens with zero attached hydrogens (tertiary/aromatic N) is 4. The molecule has 81 heavy (non-hydrogen) atoms. The first kappa shape index (κ1) is 62.0. The Kier molecular flexibility index (Phi) is 17.3. The second-order valence-corrected chi connectivity index (χ2v) is 36.0. The maximum atomic E-state index is 14.8. The molecule has 0 unspecified atom stereocenters. The second-order valence-electron chi connectivity index (χ2n) is 26.5. The number of methoxy groups -OCH3 is 2. The molecule has 4 aliphatic rings. The highest BCUT2D eigenvalue weighted by atomic mass is 28.4. The first-order valence-electron chi connectivity index (χ1n) is 27.5. The predicted molar refractivity (Wildman–Crippen MR) is 316 cm³/mol. The smallest absolute Gasteiger partial charge is 0.417 e. The van der Waals surface area contributed by atoms with Gasteiger partial charge in [0.15, 0.2) is 52.1 Å². The van der Waals surface area contributed by atoms with Crippen LogP contribution in [0.25, 0.3) is 6.08 Å². The van der Waals surface area contributed by atoms with Gasteiger partial charge in [-0.05, 0) is 158 Å². The zero-order valence-corrected chi connectivity index (χ0v) is 53.0. The van der Waals surface area contributed by atoms with E-state index in [2.05, 4.69) is 67.7 Å². The van der Waals surface area contributed by atoms with Gasteiger partial charge < -0.3 is 52.2 Å². The van der Waals surface area contributed by atoms with Gasteiger partial charge in [-0.3, -0.25) is 9.59 Å². The van der Waals surface area contributed by atoms with Crippen molar-refractivity contribution in [2.45, 2.75) is 195 Å². The van der Waals surface area contributed by atoms with Gasteiger partial charge in [0.1, 0.15) is 24.4 Å². The fraction of sp³-hybridized carbons (Fsp3) is 0.525. The van der Waals surface area contributed by atoms with Gasteiger partial charge in [-0.1, -0.05) is 52.7 Å². The van der Waals surface area contributed by atoms with Crippen molar-refractivity contribution < 1.29 is 66.4 Å². The summed E-state index contributed by atoms with van der Waals surface area (Å²) in [5.74, 6) is -1.03. The van der Waals surface area contributed by atoms with Gasteiger partial charge in [-0.25, -0.2) is 24.2 Å². The van der Waals surface area contributed by atoms with E-state index in [9.17, 15) is 29.1 Å². The fourth-order valence-electron chi connectivity index (χ4n) is 9.59. The average Bonchev–Trinajstić information content (AvgIpc) is 4.17. The van der Waals surface area contributed by atoms with Crippen LogP contribution in [0.15, 0.2) is 72.1 Å². The van der Waals surface area contributed by atoms with E-state index in [-0.39, 0.29) is 80.6 Å². The van der Waals surface area contributed by atoms with Crippen LogP contribution in [0.3, 0.4) is 0 Å². The highest BCUT2D eigenvalue weighted by Crippen LogP contribution is 2.48. The number of carbonyl (C=O) groups excluding carboxylic acids is 4. The highest BCUT2D eigenvalue weighted by Gasteiger charge is 2.53. The van der Waals surface area contributed by atoms with Crippen LogP contribution in [0.2, 0.25) is 36.3 Å². The van der Waals surface area contributed by atoms with E-state index in [4.69, 9.17) is 37.3 Å². The zero-order chi connectivity index (χ0) is 60.3. The van der Waals surface area contributed by atoms with Gasteiger partial charge in [-0.2, -0.15) is 0 Å². The third-order valence-corrected chi connectivity index (χ3v) is 24.5. The van der Waals surface area contributed by atoms with Crippen molar-refractivity contribution in [3.05, 3.63) is 99.9 Å². The molecule has 440 valence electrons. The Morgan fingerprint density at radius 1 is 0.580 bits per heavy atom. The number of anilines is 2. The van der Waals surface area contributed by atoms with Crippen LogP contribution in [-0.2, 0) is 36.3 Å². The standard InChI is InChI=1S/C61H84N4O14Si2/c1-36-23-45-54(78-80(17,18)60(9,10)11)64(56(70)76-58(3,4)5)43-30-49(47(72-15)28-41(43)52(68)62(45)32-36)74-34-39-25-38(21-22-51(66)67)26-40(27-39)35-75-50-31-44-42(29-48(50)73-16)53(69)63-33-37(2)24-46(63)55(79-81(19,20)61(12,13)14)65(44)57(71)77-59(6,7)8/h21-22,25-33,45-46,54-55H,23-24,34-35H2,1-20H3,(H,66,67)/b22-21+/t45-,46-,54-,55-/m0/s1. The second kappa shape index (κ2) is 22.6. The molecular weight excluding hydrogens is 1070 g/mol. The molecule has 0 radical (unpaired) electrons. The molecular formula is C61H84N4O14Si2. The van der Waals surface area contributed by atoms with Crippen molar-refractivity contribution in [3.63, 3.8) is 0 Å². The van der Waals surface area contributed by atoms with Gasteiger partial charge in [0, 0.05) is 30.6 Å². The van der Waals surface area contributed by atoms with Gasteiger partial charge in [-0.15, -0.1) is 0 Å². The molecule has 0 aromatic heterocycles. The van der Waals surface area contributed by atoms with Crippen LogP contribution in [0.4, 0.5) is 21.0 Å². The van der Waals surface area contributed by atoms with Crippen LogP contribution in [0.5, 0.6) is 23.0 Å². The largest absolute Gasteiger partial charge is 0.493 e. The minimum Gasteiger partial charge on any atom is -0.493 e. The normalized spacial score (nSPS) is 19.7. The van der Waals surface area contributed by atoms with Crippen molar-refractivity contribution in [2.75, 3.05) is 24.0 Å². The maximum absolute atomic E-state index is 14.8. The highest BCUT2D eigenvalue weighted by molar-refractivity contribution is 6.74. The minimum absolute atomic E-state index is 0.103. The Hall–Kier alpha value is -6.62. The Bertz CT molecular complexity index is 2880. The van der Waals surface area contributed by atoms with Crippen molar-refractivity contribution in [2.24, 2.45) is 0 Å². The van der Waals surface area contributed by atoms with E-state index in [0.29, 0.717) is 29.5 Å². The maximum Gasteiger partial charge on any atom is 0.417 e. The number of rotatable bonds is 14. The van der Waals surface area contributed by atoms with E-state index in [1.165, 1.54) is 30.1 Å². The molecule has 0 bridgehead atoms. The monoisotopic (exact) mass is 1150 g/mol. The van der Waals surface area contributed by atoms with E-state index in [1.54, 1.807) is 87.7 Å². The van der Waals surface area contributed by atoms with Gasteiger partial charge in [0.2, 0.25) is 0 Å². The first-order valence-corrected chi connectivity index (χ1v) is 33.3. The number of amides is 4. The Morgan fingerprint density at radius 3 is 1.27 bits per heavy atom.